The summed E-state index contributed by atoms with van der Waals surface area (Å²) in [7, 11) is 1.37. The maximum Gasteiger partial charge on any atom is 0.409 e. The van der Waals surface area contributed by atoms with Crippen LogP contribution in [0.1, 0.15) is 17.0 Å². The fourth-order valence-electron chi connectivity index (χ4n) is 4.03. The molecule has 1 aliphatic carbocycles. The van der Waals surface area contributed by atoms with Gasteiger partial charge in [0.05, 0.1) is 0 Å². The van der Waals surface area contributed by atoms with Gasteiger partial charge in [-0.15, -0.1) is 0 Å². The Balaban J connectivity index is 1.40. The number of amides is 1. The highest BCUT2D eigenvalue weighted by Gasteiger charge is 2.41. The third-order valence-corrected chi connectivity index (χ3v) is 5.43. The molecule has 2 aliphatic rings. The van der Waals surface area contributed by atoms with Crippen molar-refractivity contribution in [1.29, 1.82) is 0 Å². The van der Waals surface area contributed by atoms with Crippen LogP contribution in [0.4, 0.5) is 4.79 Å². The SMILES string of the molecule is COC(C(=O)O)C1CN(C(=O)OCC2c3ccccc3-c3ccccc32)C1. The van der Waals surface area contributed by atoms with Crippen LogP contribution in [0.3, 0.4) is 0 Å². The third-order valence-electron chi connectivity index (χ3n) is 5.43. The Hall–Kier alpha value is -2.86. The number of methoxy groups -OCH3 is 1. The summed E-state index contributed by atoms with van der Waals surface area (Å²) in [6.45, 7) is 0.934. The van der Waals surface area contributed by atoms with Crippen LogP contribution >= 0.6 is 0 Å². The molecule has 1 aliphatic heterocycles. The minimum absolute atomic E-state index is 0.0177. The quantitative estimate of drug-likeness (QED) is 0.879. The van der Waals surface area contributed by atoms with Gasteiger partial charge in [0.15, 0.2) is 6.10 Å². The van der Waals surface area contributed by atoms with E-state index in [0.29, 0.717) is 13.1 Å². The molecule has 1 heterocycles. The van der Waals surface area contributed by atoms with Crippen molar-refractivity contribution in [3.8, 4) is 11.1 Å². The number of hydrogen-bond donors (Lipinski definition) is 1. The standard InChI is InChI=1S/C21H21NO5/c1-26-19(20(23)24)13-10-22(11-13)21(25)27-12-18-16-8-4-2-6-14(16)15-7-3-5-9-17(15)18/h2-9,13,18-19H,10-12H2,1H3,(H,23,24). The third kappa shape index (κ3) is 3.06. The first-order chi connectivity index (χ1) is 13.1. The molecule has 1 atom stereocenters. The first-order valence-corrected chi connectivity index (χ1v) is 8.95. The highest BCUT2D eigenvalue weighted by atomic mass is 16.6. The highest BCUT2D eigenvalue weighted by molar-refractivity contribution is 5.79. The van der Waals surface area contributed by atoms with E-state index in [1.165, 1.54) is 34.3 Å². The molecular weight excluding hydrogens is 346 g/mol. The number of aliphatic carboxylic acids is 1. The van der Waals surface area contributed by atoms with Gasteiger partial charge in [-0.25, -0.2) is 9.59 Å². The Labute approximate surface area is 157 Å². The van der Waals surface area contributed by atoms with Gasteiger partial charge < -0.3 is 19.5 Å². The second kappa shape index (κ2) is 7.04. The van der Waals surface area contributed by atoms with Gasteiger partial charge in [-0.05, 0) is 22.3 Å². The van der Waals surface area contributed by atoms with E-state index in [9.17, 15) is 9.59 Å². The lowest BCUT2D eigenvalue weighted by Crippen LogP contribution is -2.56. The Kier molecular flexibility index (Phi) is 4.58. The maximum absolute atomic E-state index is 12.3. The lowest BCUT2D eigenvalue weighted by Gasteiger charge is -2.40. The molecular formula is C21H21NO5. The molecule has 1 unspecified atom stereocenters. The van der Waals surface area contributed by atoms with Crippen molar-refractivity contribution in [3.63, 3.8) is 0 Å². The van der Waals surface area contributed by atoms with E-state index in [0.717, 1.165) is 0 Å². The summed E-state index contributed by atoms with van der Waals surface area (Å²) in [6.07, 6.45) is -1.30. The number of hydrogen-bond acceptors (Lipinski definition) is 4. The Morgan fingerprint density at radius 1 is 1.07 bits per heavy atom. The average molecular weight is 367 g/mol. The summed E-state index contributed by atoms with van der Waals surface area (Å²) in [5.74, 6) is -1.19. The first kappa shape index (κ1) is 17.5. The number of fused-ring (bicyclic) bond motifs is 3. The molecule has 0 saturated carbocycles. The lowest BCUT2D eigenvalue weighted by atomic mass is 9.94. The van der Waals surface area contributed by atoms with Crippen LogP contribution in [0.2, 0.25) is 0 Å². The minimum atomic E-state index is -1.00. The highest BCUT2D eigenvalue weighted by Crippen LogP contribution is 2.44. The smallest absolute Gasteiger partial charge is 0.409 e. The van der Waals surface area contributed by atoms with Gasteiger partial charge in [0.2, 0.25) is 0 Å². The van der Waals surface area contributed by atoms with E-state index in [4.69, 9.17) is 14.6 Å². The summed E-state index contributed by atoms with van der Waals surface area (Å²) in [4.78, 5) is 25.0. The number of rotatable bonds is 5. The van der Waals surface area contributed by atoms with Crippen molar-refractivity contribution in [2.24, 2.45) is 5.92 Å². The Morgan fingerprint density at radius 3 is 2.15 bits per heavy atom. The minimum Gasteiger partial charge on any atom is -0.479 e. The average Bonchev–Trinajstić information content (AvgIpc) is 2.96. The summed E-state index contributed by atoms with van der Waals surface area (Å²) < 4.78 is 10.5. The summed E-state index contributed by atoms with van der Waals surface area (Å²) >= 11 is 0. The van der Waals surface area contributed by atoms with Crippen molar-refractivity contribution >= 4 is 12.1 Å². The maximum atomic E-state index is 12.3. The molecule has 1 N–H and O–H groups in total. The molecule has 2 aromatic rings. The molecule has 1 fully saturated rings. The van der Waals surface area contributed by atoms with Gasteiger partial charge in [0.25, 0.3) is 0 Å². The van der Waals surface area contributed by atoms with Crippen LogP contribution < -0.4 is 0 Å². The molecule has 140 valence electrons. The predicted octanol–water partition coefficient (Wildman–Crippen LogP) is 2.97. The van der Waals surface area contributed by atoms with Gasteiger partial charge in [-0.2, -0.15) is 0 Å². The van der Waals surface area contributed by atoms with Crippen LogP contribution in [0.15, 0.2) is 48.5 Å². The topological polar surface area (TPSA) is 76.1 Å². The van der Waals surface area contributed by atoms with Crippen LogP contribution in [0.25, 0.3) is 11.1 Å². The van der Waals surface area contributed by atoms with Gasteiger partial charge in [0.1, 0.15) is 6.61 Å². The van der Waals surface area contributed by atoms with Gasteiger partial charge in [0, 0.05) is 32.0 Å². The summed E-state index contributed by atoms with van der Waals surface area (Å²) in [5, 5.41) is 9.11. The number of nitrogens with zero attached hydrogens (tertiary/aromatic N) is 1. The van der Waals surface area contributed by atoms with E-state index in [1.807, 2.05) is 24.3 Å². The molecule has 1 amide bonds. The fourth-order valence-corrected chi connectivity index (χ4v) is 4.03. The number of carbonyl (C=O) groups excluding carboxylic acids is 1. The molecule has 2 aromatic carbocycles. The van der Waals surface area contributed by atoms with Gasteiger partial charge in [-0.1, -0.05) is 48.5 Å². The molecule has 0 radical (unpaired) electrons. The predicted molar refractivity (Wildman–Crippen MR) is 98.6 cm³/mol. The van der Waals surface area contributed by atoms with E-state index in [1.54, 1.807) is 0 Å². The van der Waals surface area contributed by atoms with Crippen molar-refractivity contribution in [2.45, 2.75) is 12.0 Å². The molecule has 6 heteroatoms. The van der Waals surface area contributed by atoms with Gasteiger partial charge >= 0.3 is 12.1 Å². The van der Waals surface area contributed by atoms with Crippen molar-refractivity contribution in [3.05, 3.63) is 59.7 Å². The molecule has 1 saturated heterocycles. The van der Waals surface area contributed by atoms with E-state index < -0.39 is 18.2 Å². The number of carbonyl (C=O) groups is 2. The number of carboxylic acid groups (broad SMARTS) is 1. The molecule has 27 heavy (non-hydrogen) atoms. The Bertz CT molecular complexity index is 829. The van der Waals surface area contributed by atoms with E-state index in [2.05, 4.69) is 24.3 Å². The second-order valence-electron chi connectivity index (χ2n) is 6.96. The zero-order valence-corrected chi connectivity index (χ0v) is 15.0. The fraction of sp³-hybridized carbons (Fsp3) is 0.333. The van der Waals surface area contributed by atoms with Crippen molar-refractivity contribution in [2.75, 3.05) is 26.8 Å². The largest absolute Gasteiger partial charge is 0.479 e. The molecule has 0 aromatic heterocycles. The van der Waals surface area contributed by atoms with Crippen LogP contribution in [-0.4, -0.2) is 55.0 Å². The Morgan fingerprint density at radius 2 is 1.63 bits per heavy atom. The lowest BCUT2D eigenvalue weighted by molar-refractivity contribution is -0.156. The summed E-state index contributed by atoms with van der Waals surface area (Å²) in [5.41, 5.74) is 4.70. The molecule has 0 bridgehead atoms. The van der Waals surface area contributed by atoms with Crippen LogP contribution in [0, 0.1) is 5.92 Å². The number of likely N-dealkylation sites (tertiary alicyclic amines) is 1. The van der Waals surface area contributed by atoms with Crippen LogP contribution in [-0.2, 0) is 14.3 Å². The second-order valence-corrected chi connectivity index (χ2v) is 6.96. The van der Waals surface area contributed by atoms with Crippen molar-refractivity contribution < 1.29 is 24.2 Å². The zero-order valence-electron chi connectivity index (χ0n) is 15.0. The van der Waals surface area contributed by atoms with Crippen LogP contribution in [0.5, 0.6) is 0 Å². The number of carboxylic acids is 1. The zero-order chi connectivity index (χ0) is 19.0. The van der Waals surface area contributed by atoms with Crippen molar-refractivity contribution in [1.82, 2.24) is 4.90 Å². The van der Waals surface area contributed by atoms with E-state index in [-0.39, 0.29) is 18.4 Å². The van der Waals surface area contributed by atoms with E-state index >= 15 is 0 Å². The monoisotopic (exact) mass is 367 g/mol. The van der Waals surface area contributed by atoms with Gasteiger partial charge in [-0.3, -0.25) is 0 Å². The number of benzene rings is 2. The molecule has 4 rings (SSSR count). The molecule has 6 nitrogen and oxygen atoms in total. The normalized spacial score (nSPS) is 17.0. The first-order valence-electron chi connectivity index (χ1n) is 8.95. The summed E-state index contributed by atoms with van der Waals surface area (Å²) in [6, 6.07) is 16.3. The number of ether oxygens (including phenoxy) is 2. The molecule has 0 spiro atoms.